The molecule has 22 heavy (non-hydrogen) atoms. The van der Waals surface area contributed by atoms with E-state index in [4.69, 9.17) is 0 Å². The van der Waals surface area contributed by atoms with E-state index in [1.54, 1.807) is 0 Å². The Kier molecular flexibility index (Phi) is 2.89. The van der Waals surface area contributed by atoms with Gasteiger partial charge < -0.3 is 10.4 Å². The van der Waals surface area contributed by atoms with E-state index >= 15 is 0 Å². The van der Waals surface area contributed by atoms with E-state index in [-0.39, 0.29) is 0 Å². The van der Waals surface area contributed by atoms with Crippen molar-refractivity contribution in [2.75, 3.05) is 25.5 Å². The molecule has 2 heterocycles. The Balaban J connectivity index is 1.92. The summed E-state index contributed by atoms with van der Waals surface area (Å²) in [5.74, 6) is -0.157. The molecule has 4 heteroatoms. The fourth-order valence-corrected chi connectivity index (χ4v) is 4.51. The molecule has 1 aromatic rings. The maximum Gasteiger partial charge on any atom is 0.314 e. The molecule has 0 fully saturated rings. The van der Waals surface area contributed by atoms with Gasteiger partial charge in [-0.1, -0.05) is 25.1 Å². The first-order valence-corrected chi connectivity index (χ1v) is 8.09. The average Bonchev–Trinajstić information content (AvgIpc) is 2.93. The summed E-state index contributed by atoms with van der Waals surface area (Å²) in [6.07, 6.45) is 3.77. The van der Waals surface area contributed by atoms with Gasteiger partial charge in [-0.25, -0.2) is 0 Å². The highest BCUT2D eigenvalue weighted by atomic mass is 16.4. The molecule has 0 bridgehead atoms. The molecule has 2 N–H and O–H groups in total. The van der Waals surface area contributed by atoms with Crippen molar-refractivity contribution < 1.29 is 9.90 Å². The molecule has 0 saturated heterocycles. The van der Waals surface area contributed by atoms with Gasteiger partial charge in [0.05, 0.1) is 5.41 Å². The number of aliphatic carboxylic acids is 1. The molecular weight excluding hydrogens is 276 g/mol. The Morgan fingerprint density at radius 2 is 2.32 bits per heavy atom. The lowest BCUT2D eigenvalue weighted by Crippen LogP contribution is -2.50. The SMILES string of the molecule is CC[C@@]1(C(=O)O)C=C2c3cccc4c3C(CN4)C[C@H]2N(C)C1. The normalized spacial score (nSPS) is 32.7. The third kappa shape index (κ3) is 1.70. The van der Waals surface area contributed by atoms with Crippen LogP contribution in [-0.4, -0.2) is 42.2 Å². The van der Waals surface area contributed by atoms with Crippen LogP contribution in [-0.2, 0) is 4.79 Å². The van der Waals surface area contributed by atoms with Gasteiger partial charge in [-0.3, -0.25) is 9.69 Å². The highest BCUT2D eigenvalue weighted by Crippen LogP contribution is 2.50. The largest absolute Gasteiger partial charge is 0.481 e. The molecular formula is C18H22N2O2. The molecule has 1 aromatic carbocycles. The summed E-state index contributed by atoms with van der Waals surface area (Å²) in [5.41, 5.74) is 4.34. The highest BCUT2D eigenvalue weighted by molar-refractivity contribution is 5.87. The van der Waals surface area contributed by atoms with Crippen molar-refractivity contribution in [3.63, 3.8) is 0 Å². The minimum absolute atomic E-state index is 0.340. The van der Waals surface area contributed by atoms with Gasteiger partial charge in [-0.15, -0.1) is 0 Å². The van der Waals surface area contributed by atoms with Crippen LogP contribution in [0.15, 0.2) is 24.3 Å². The quantitative estimate of drug-likeness (QED) is 0.881. The predicted molar refractivity (Wildman–Crippen MR) is 87.0 cm³/mol. The van der Waals surface area contributed by atoms with E-state index in [1.807, 2.05) is 6.92 Å². The number of rotatable bonds is 2. The number of nitrogens with zero attached hydrogens (tertiary/aromatic N) is 1. The summed E-state index contributed by atoms with van der Waals surface area (Å²) in [5, 5.41) is 13.3. The van der Waals surface area contributed by atoms with Crippen LogP contribution < -0.4 is 5.32 Å². The van der Waals surface area contributed by atoms with Crippen LogP contribution in [0.25, 0.3) is 5.57 Å². The first kappa shape index (κ1) is 13.8. The van der Waals surface area contributed by atoms with Gasteiger partial charge in [0.2, 0.25) is 0 Å². The average molecular weight is 298 g/mol. The monoisotopic (exact) mass is 298 g/mol. The number of nitrogens with one attached hydrogen (secondary N) is 1. The Labute approximate surface area is 130 Å². The zero-order valence-corrected chi connectivity index (χ0v) is 13.1. The number of carbonyl (C=O) groups is 1. The molecule has 0 aromatic heterocycles. The number of hydrogen-bond acceptors (Lipinski definition) is 3. The first-order chi connectivity index (χ1) is 10.6. The number of anilines is 1. The number of carboxylic acid groups (broad SMARTS) is 1. The summed E-state index contributed by atoms with van der Waals surface area (Å²) in [7, 11) is 2.07. The summed E-state index contributed by atoms with van der Waals surface area (Å²) >= 11 is 0. The summed E-state index contributed by atoms with van der Waals surface area (Å²) in [6, 6.07) is 6.72. The third-order valence-corrected chi connectivity index (χ3v) is 5.78. The predicted octanol–water partition coefficient (Wildman–Crippen LogP) is 2.78. The number of benzene rings is 1. The molecule has 3 aliphatic rings. The Bertz CT molecular complexity index is 682. The van der Waals surface area contributed by atoms with Crippen LogP contribution in [0, 0.1) is 5.41 Å². The minimum Gasteiger partial charge on any atom is -0.481 e. The molecule has 3 atom stereocenters. The number of carboxylic acids is 1. The highest BCUT2D eigenvalue weighted by Gasteiger charge is 2.46. The van der Waals surface area contributed by atoms with Crippen LogP contribution in [0.2, 0.25) is 0 Å². The standard InChI is InChI=1S/C18H22N2O2/c1-3-18(17(21)22)8-13-12-5-4-6-14-16(12)11(9-19-14)7-15(13)20(2)10-18/h4-6,8,11,15,19H,3,7,9-10H2,1-2H3,(H,21,22)/t11?,15-,18-/m1/s1. The smallest absolute Gasteiger partial charge is 0.314 e. The maximum absolute atomic E-state index is 11.9. The van der Waals surface area contributed by atoms with Gasteiger partial charge in [0, 0.05) is 30.7 Å². The second kappa shape index (κ2) is 4.59. The lowest BCUT2D eigenvalue weighted by molar-refractivity contribution is -0.147. The van der Waals surface area contributed by atoms with Crippen LogP contribution in [0.1, 0.15) is 36.8 Å². The van der Waals surface area contributed by atoms with Crippen molar-refractivity contribution in [2.45, 2.75) is 31.7 Å². The van der Waals surface area contributed by atoms with Gasteiger partial charge in [-0.05, 0) is 42.7 Å². The van der Waals surface area contributed by atoms with Gasteiger partial charge in [0.1, 0.15) is 0 Å². The summed E-state index contributed by atoms with van der Waals surface area (Å²) in [6.45, 7) is 3.58. The number of likely N-dealkylation sites (N-methyl/N-ethyl adjacent to an activating group) is 1. The van der Waals surface area contributed by atoms with E-state index in [0.717, 1.165) is 13.0 Å². The fraction of sp³-hybridized carbons (Fsp3) is 0.500. The first-order valence-electron chi connectivity index (χ1n) is 8.09. The van der Waals surface area contributed by atoms with Crippen molar-refractivity contribution >= 4 is 17.2 Å². The Morgan fingerprint density at radius 1 is 1.50 bits per heavy atom. The van der Waals surface area contributed by atoms with E-state index in [2.05, 4.69) is 41.5 Å². The Morgan fingerprint density at radius 3 is 3.05 bits per heavy atom. The second-order valence-corrected chi connectivity index (χ2v) is 6.93. The molecule has 1 aliphatic carbocycles. The van der Waals surface area contributed by atoms with Gasteiger partial charge in [-0.2, -0.15) is 0 Å². The van der Waals surface area contributed by atoms with E-state index < -0.39 is 11.4 Å². The summed E-state index contributed by atoms with van der Waals surface area (Å²) < 4.78 is 0. The molecule has 1 unspecified atom stereocenters. The Hall–Kier alpha value is -1.81. The summed E-state index contributed by atoms with van der Waals surface area (Å²) in [4.78, 5) is 14.2. The number of fused-ring (bicyclic) bond motifs is 2. The van der Waals surface area contributed by atoms with Gasteiger partial charge >= 0.3 is 5.97 Å². The van der Waals surface area contributed by atoms with Crippen molar-refractivity contribution in [3.8, 4) is 0 Å². The molecule has 4 nitrogen and oxygen atoms in total. The van der Waals surface area contributed by atoms with Crippen LogP contribution in [0.3, 0.4) is 0 Å². The van der Waals surface area contributed by atoms with E-state index in [0.29, 0.717) is 24.9 Å². The van der Waals surface area contributed by atoms with Crippen molar-refractivity contribution in [2.24, 2.45) is 5.41 Å². The van der Waals surface area contributed by atoms with Crippen LogP contribution in [0.5, 0.6) is 0 Å². The fourth-order valence-electron chi connectivity index (χ4n) is 4.51. The lowest BCUT2D eigenvalue weighted by Gasteiger charge is -2.45. The van der Waals surface area contributed by atoms with E-state index in [9.17, 15) is 9.90 Å². The minimum atomic E-state index is -0.762. The van der Waals surface area contributed by atoms with Crippen LogP contribution >= 0.6 is 0 Å². The number of hydrogen-bond donors (Lipinski definition) is 2. The second-order valence-electron chi connectivity index (χ2n) is 6.93. The zero-order valence-electron chi connectivity index (χ0n) is 13.1. The topological polar surface area (TPSA) is 52.6 Å². The molecule has 2 aliphatic heterocycles. The van der Waals surface area contributed by atoms with Crippen molar-refractivity contribution in [3.05, 3.63) is 35.4 Å². The van der Waals surface area contributed by atoms with Crippen molar-refractivity contribution in [1.29, 1.82) is 0 Å². The van der Waals surface area contributed by atoms with Gasteiger partial charge in [0.15, 0.2) is 0 Å². The maximum atomic E-state index is 11.9. The molecule has 0 spiro atoms. The zero-order chi connectivity index (χ0) is 15.5. The van der Waals surface area contributed by atoms with Gasteiger partial charge in [0.25, 0.3) is 0 Å². The van der Waals surface area contributed by atoms with E-state index in [1.165, 1.54) is 22.4 Å². The molecule has 0 radical (unpaired) electrons. The molecule has 116 valence electrons. The molecule has 4 rings (SSSR count). The molecule has 0 saturated carbocycles. The van der Waals surface area contributed by atoms with Crippen molar-refractivity contribution in [1.82, 2.24) is 4.90 Å². The molecule has 0 amide bonds. The van der Waals surface area contributed by atoms with Crippen LogP contribution in [0.4, 0.5) is 5.69 Å². The third-order valence-electron chi connectivity index (χ3n) is 5.78. The lowest BCUT2D eigenvalue weighted by atomic mass is 9.70.